The fourth-order valence-electron chi connectivity index (χ4n) is 2.25. The number of aliphatic carboxylic acids is 1. The highest BCUT2D eigenvalue weighted by molar-refractivity contribution is 6.36. The monoisotopic (exact) mass is 269 g/mol. The number of likely N-dealkylation sites (tertiary alicyclic amines) is 1. The van der Waals surface area contributed by atoms with Crippen LogP contribution in [0.1, 0.15) is 19.3 Å². The maximum Gasteiger partial charge on any atom is 0.353 e. The smallest absolute Gasteiger partial charge is 0.353 e. The van der Waals surface area contributed by atoms with Crippen molar-refractivity contribution in [3.63, 3.8) is 0 Å². The van der Waals surface area contributed by atoms with Crippen molar-refractivity contribution < 1.29 is 24.3 Å². The Morgan fingerprint density at radius 3 is 2.74 bits per heavy atom. The van der Waals surface area contributed by atoms with E-state index in [9.17, 15) is 14.4 Å². The van der Waals surface area contributed by atoms with Gasteiger partial charge in [0, 0.05) is 19.5 Å². The van der Waals surface area contributed by atoms with Crippen LogP contribution in [0.15, 0.2) is 5.16 Å². The van der Waals surface area contributed by atoms with Gasteiger partial charge in [-0.05, 0) is 12.8 Å². The normalized spacial score (nSPS) is 26.5. The van der Waals surface area contributed by atoms with E-state index in [4.69, 9.17) is 15.7 Å². The second-order valence-corrected chi connectivity index (χ2v) is 4.67. The molecule has 2 amide bonds. The summed E-state index contributed by atoms with van der Waals surface area (Å²) in [5, 5.41) is 12.1. The van der Waals surface area contributed by atoms with Gasteiger partial charge in [0.05, 0.1) is 5.92 Å². The molecule has 2 atom stereocenters. The van der Waals surface area contributed by atoms with E-state index in [1.165, 1.54) is 4.90 Å². The first kappa shape index (κ1) is 13.3. The summed E-state index contributed by atoms with van der Waals surface area (Å²) < 4.78 is 0. The van der Waals surface area contributed by atoms with Gasteiger partial charge in [-0.25, -0.2) is 4.79 Å². The molecular formula is C11H15N3O5. The summed E-state index contributed by atoms with van der Waals surface area (Å²) in [6, 6.07) is 0. The molecule has 2 heterocycles. The summed E-state index contributed by atoms with van der Waals surface area (Å²) in [5.41, 5.74) is 5.07. The van der Waals surface area contributed by atoms with Gasteiger partial charge in [-0.1, -0.05) is 5.16 Å². The summed E-state index contributed by atoms with van der Waals surface area (Å²) in [7, 11) is 0. The molecule has 2 aliphatic heterocycles. The number of rotatable bonds is 3. The molecule has 1 fully saturated rings. The SMILES string of the molecule is NC(=O)C1CCCN(C(=O)C2CC(C(=O)O)=NO2)C1. The van der Waals surface area contributed by atoms with E-state index >= 15 is 0 Å². The number of piperidine rings is 1. The van der Waals surface area contributed by atoms with Crippen LogP contribution >= 0.6 is 0 Å². The topological polar surface area (TPSA) is 122 Å². The molecule has 2 unspecified atom stereocenters. The van der Waals surface area contributed by atoms with Gasteiger partial charge in [-0.15, -0.1) is 0 Å². The molecule has 0 bridgehead atoms. The van der Waals surface area contributed by atoms with Crippen molar-refractivity contribution in [1.29, 1.82) is 0 Å². The van der Waals surface area contributed by atoms with Crippen molar-refractivity contribution in [2.24, 2.45) is 16.8 Å². The predicted octanol–water partition coefficient (Wildman–Crippen LogP) is -1.06. The van der Waals surface area contributed by atoms with Crippen LogP contribution < -0.4 is 5.73 Å². The molecule has 104 valence electrons. The minimum atomic E-state index is -1.19. The third kappa shape index (κ3) is 2.83. The van der Waals surface area contributed by atoms with Gasteiger partial charge in [-0.2, -0.15) is 0 Å². The zero-order valence-corrected chi connectivity index (χ0v) is 10.2. The Labute approximate surface area is 109 Å². The Balaban J connectivity index is 1.94. The quantitative estimate of drug-likeness (QED) is 0.676. The molecule has 2 aliphatic rings. The average molecular weight is 269 g/mol. The van der Waals surface area contributed by atoms with E-state index < -0.39 is 18.0 Å². The average Bonchev–Trinajstić information content (AvgIpc) is 2.87. The summed E-state index contributed by atoms with van der Waals surface area (Å²) in [6.07, 6.45) is 0.407. The Morgan fingerprint density at radius 1 is 1.42 bits per heavy atom. The largest absolute Gasteiger partial charge is 0.477 e. The molecule has 0 spiro atoms. The van der Waals surface area contributed by atoms with Crippen LogP contribution in [0.5, 0.6) is 0 Å². The van der Waals surface area contributed by atoms with E-state index in [0.717, 1.165) is 0 Å². The predicted molar refractivity (Wildman–Crippen MR) is 63.1 cm³/mol. The number of carbonyl (C=O) groups excluding carboxylic acids is 2. The lowest BCUT2D eigenvalue weighted by atomic mass is 9.97. The van der Waals surface area contributed by atoms with Gasteiger partial charge >= 0.3 is 5.97 Å². The van der Waals surface area contributed by atoms with Gasteiger partial charge in [0.2, 0.25) is 12.0 Å². The minimum Gasteiger partial charge on any atom is -0.477 e. The third-order valence-electron chi connectivity index (χ3n) is 3.33. The van der Waals surface area contributed by atoms with E-state index in [2.05, 4.69) is 5.16 Å². The lowest BCUT2D eigenvalue weighted by Crippen LogP contribution is -2.47. The Hall–Kier alpha value is -2.12. The van der Waals surface area contributed by atoms with Gasteiger partial charge in [0.25, 0.3) is 5.91 Å². The molecule has 0 saturated carbocycles. The Kier molecular flexibility index (Phi) is 3.68. The van der Waals surface area contributed by atoms with E-state index in [-0.39, 0.29) is 30.5 Å². The van der Waals surface area contributed by atoms with E-state index in [1.807, 2.05) is 0 Å². The van der Waals surface area contributed by atoms with Crippen LogP contribution in [0.2, 0.25) is 0 Å². The molecule has 0 aromatic carbocycles. The molecule has 8 nitrogen and oxygen atoms in total. The molecule has 3 N–H and O–H groups in total. The van der Waals surface area contributed by atoms with Crippen LogP contribution in [0, 0.1) is 5.92 Å². The second kappa shape index (κ2) is 5.25. The maximum absolute atomic E-state index is 12.1. The van der Waals surface area contributed by atoms with Crippen LogP contribution in [0.25, 0.3) is 0 Å². The molecule has 0 aromatic heterocycles. The Morgan fingerprint density at radius 2 is 2.16 bits per heavy atom. The van der Waals surface area contributed by atoms with Gasteiger partial charge < -0.3 is 20.6 Å². The zero-order valence-electron chi connectivity index (χ0n) is 10.2. The highest BCUT2D eigenvalue weighted by Gasteiger charge is 2.36. The first-order valence-electron chi connectivity index (χ1n) is 6.03. The highest BCUT2D eigenvalue weighted by Crippen LogP contribution is 2.20. The Bertz CT molecular complexity index is 448. The van der Waals surface area contributed by atoms with Gasteiger partial charge in [-0.3, -0.25) is 9.59 Å². The van der Waals surface area contributed by atoms with Crippen molar-refractivity contribution >= 4 is 23.5 Å². The van der Waals surface area contributed by atoms with Crippen molar-refractivity contribution in [2.45, 2.75) is 25.4 Å². The lowest BCUT2D eigenvalue weighted by molar-refractivity contribution is -0.144. The van der Waals surface area contributed by atoms with Crippen molar-refractivity contribution in [1.82, 2.24) is 4.90 Å². The molecule has 0 radical (unpaired) electrons. The number of oxime groups is 1. The van der Waals surface area contributed by atoms with Crippen LogP contribution in [0.3, 0.4) is 0 Å². The summed E-state index contributed by atoms with van der Waals surface area (Å²) in [5.74, 6) is -2.30. The number of nitrogens with zero attached hydrogens (tertiary/aromatic N) is 2. The minimum absolute atomic E-state index is 0.0497. The molecule has 19 heavy (non-hydrogen) atoms. The zero-order chi connectivity index (χ0) is 14.0. The number of hydrogen-bond acceptors (Lipinski definition) is 5. The number of nitrogens with two attached hydrogens (primary N) is 1. The highest BCUT2D eigenvalue weighted by atomic mass is 16.6. The first-order valence-corrected chi connectivity index (χ1v) is 6.03. The molecule has 0 aliphatic carbocycles. The lowest BCUT2D eigenvalue weighted by Gasteiger charge is -2.32. The molecular weight excluding hydrogens is 254 g/mol. The maximum atomic E-state index is 12.1. The number of carbonyl (C=O) groups is 3. The van der Waals surface area contributed by atoms with E-state index in [1.54, 1.807) is 0 Å². The molecule has 0 aromatic rings. The number of carboxylic acid groups (broad SMARTS) is 1. The van der Waals surface area contributed by atoms with Crippen molar-refractivity contribution in [3.8, 4) is 0 Å². The van der Waals surface area contributed by atoms with Gasteiger partial charge in [0.15, 0.2) is 5.71 Å². The number of hydrogen-bond donors (Lipinski definition) is 2. The standard InChI is InChI=1S/C11H15N3O5/c12-9(15)6-2-1-3-14(5-6)10(16)8-4-7(11(17)18)13-19-8/h6,8H,1-5H2,(H2,12,15)(H,17,18). The number of carboxylic acids is 1. The molecule has 1 saturated heterocycles. The molecule has 8 heteroatoms. The fourth-order valence-corrected chi connectivity index (χ4v) is 2.25. The summed E-state index contributed by atoms with van der Waals surface area (Å²) >= 11 is 0. The van der Waals surface area contributed by atoms with Crippen LogP contribution in [0.4, 0.5) is 0 Å². The van der Waals surface area contributed by atoms with E-state index in [0.29, 0.717) is 19.4 Å². The number of primary amides is 1. The second-order valence-electron chi connectivity index (χ2n) is 4.67. The van der Waals surface area contributed by atoms with Crippen LogP contribution in [-0.4, -0.2) is 52.7 Å². The van der Waals surface area contributed by atoms with Crippen LogP contribution in [-0.2, 0) is 19.2 Å². The van der Waals surface area contributed by atoms with Gasteiger partial charge in [0.1, 0.15) is 0 Å². The van der Waals surface area contributed by atoms with Crippen molar-refractivity contribution in [3.05, 3.63) is 0 Å². The number of amides is 2. The first-order chi connectivity index (χ1) is 8.99. The summed E-state index contributed by atoms with van der Waals surface area (Å²) in [4.78, 5) is 40.3. The molecule has 2 rings (SSSR count). The third-order valence-corrected chi connectivity index (χ3v) is 3.33. The van der Waals surface area contributed by atoms with Crippen molar-refractivity contribution in [2.75, 3.05) is 13.1 Å². The summed E-state index contributed by atoms with van der Waals surface area (Å²) in [6.45, 7) is 0.779. The fraction of sp³-hybridized carbons (Fsp3) is 0.636.